The molecule has 0 spiro atoms. The highest BCUT2D eigenvalue weighted by Crippen LogP contribution is 2.47. The molecule has 0 unspecified atom stereocenters. The third-order valence-electron chi connectivity index (χ3n) is 1.42. The maximum Gasteiger partial charge on any atom is 0.285 e. The summed E-state index contributed by atoms with van der Waals surface area (Å²) < 4.78 is 11.8. The van der Waals surface area contributed by atoms with E-state index in [0.29, 0.717) is 0 Å². The van der Waals surface area contributed by atoms with E-state index in [1.807, 2.05) is 0 Å². The maximum atomic E-state index is 11.8. The molecule has 70 valence electrons. The SMILES string of the molecule is [N-]=[N+]=NP(=O)(N=[N+]=[N-])c1ccccc1. The van der Waals surface area contributed by atoms with E-state index in [9.17, 15) is 4.57 Å². The van der Waals surface area contributed by atoms with Gasteiger partial charge in [0.1, 0.15) is 0 Å². The molecule has 0 atom stereocenters. The maximum absolute atomic E-state index is 11.8. The van der Waals surface area contributed by atoms with Crippen molar-refractivity contribution in [2.75, 3.05) is 0 Å². The summed E-state index contributed by atoms with van der Waals surface area (Å²) in [5.74, 6) is 0. The predicted octanol–water partition coefficient (Wildman–Crippen LogP) is 3.13. The number of benzene rings is 1. The summed E-state index contributed by atoms with van der Waals surface area (Å²) >= 11 is 0. The zero-order valence-corrected chi connectivity index (χ0v) is 7.82. The summed E-state index contributed by atoms with van der Waals surface area (Å²) in [5.41, 5.74) is 16.4. The van der Waals surface area contributed by atoms with Crippen LogP contribution in [0.15, 0.2) is 40.1 Å². The van der Waals surface area contributed by atoms with Crippen molar-refractivity contribution in [3.8, 4) is 0 Å². The lowest BCUT2D eigenvalue weighted by Crippen LogP contribution is -1.98. The molecule has 0 N–H and O–H groups in total. The fraction of sp³-hybridized carbons (Fsp3) is 0. The minimum absolute atomic E-state index is 0.218. The van der Waals surface area contributed by atoms with E-state index in [-0.39, 0.29) is 5.30 Å². The first kappa shape index (κ1) is 10.2. The molecular formula is C6H5N6OP. The number of hydrogen-bond donors (Lipinski definition) is 0. The summed E-state index contributed by atoms with van der Waals surface area (Å²) in [4.78, 5) is 10.9. The summed E-state index contributed by atoms with van der Waals surface area (Å²) in [7, 11) is -3.66. The van der Waals surface area contributed by atoms with Crippen LogP contribution in [0.1, 0.15) is 0 Å². The zero-order valence-electron chi connectivity index (χ0n) is 6.93. The van der Waals surface area contributed by atoms with E-state index < -0.39 is 7.44 Å². The third kappa shape index (κ3) is 2.06. The first-order chi connectivity index (χ1) is 6.73. The Balaban J connectivity index is 3.33. The van der Waals surface area contributed by atoms with Crippen molar-refractivity contribution in [1.29, 1.82) is 0 Å². The van der Waals surface area contributed by atoms with Gasteiger partial charge in [-0.15, -0.1) is 0 Å². The summed E-state index contributed by atoms with van der Waals surface area (Å²) in [6.07, 6.45) is 0. The van der Waals surface area contributed by atoms with Crippen LogP contribution in [0.5, 0.6) is 0 Å². The van der Waals surface area contributed by atoms with Gasteiger partial charge in [-0.2, -0.15) is 0 Å². The Morgan fingerprint density at radius 1 is 1.07 bits per heavy atom. The van der Waals surface area contributed by atoms with Crippen molar-refractivity contribution in [1.82, 2.24) is 0 Å². The lowest BCUT2D eigenvalue weighted by molar-refractivity contribution is 0.582. The molecule has 0 saturated carbocycles. The molecule has 1 aromatic rings. The Bertz CT molecular complexity index is 436. The molecule has 7 nitrogen and oxygen atoms in total. The van der Waals surface area contributed by atoms with Gasteiger partial charge >= 0.3 is 0 Å². The Hall–Kier alpha value is -1.93. The van der Waals surface area contributed by atoms with Crippen molar-refractivity contribution < 1.29 is 4.57 Å². The average molecular weight is 208 g/mol. The quantitative estimate of drug-likeness (QED) is 0.322. The molecule has 0 aromatic heterocycles. The van der Waals surface area contributed by atoms with Gasteiger partial charge in [0.15, 0.2) is 0 Å². The van der Waals surface area contributed by atoms with E-state index in [2.05, 4.69) is 19.6 Å². The lowest BCUT2D eigenvalue weighted by Gasteiger charge is -2.03. The van der Waals surface area contributed by atoms with Crippen LogP contribution < -0.4 is 5.30 Å². The Kier molecular flexibility index (Phi) is 3.15. The molecule has 0 fully saturated rings. The van der Waals surface area contributed by atoms with E-state index in [1.54, 1.807) is 18.2 Å². The molecule has 14 heavy (non-hydrogen) atoms. The largest absolute Gasteiger partial charge is 0.305 e. The predicted molar refractivity (Wildman–Crippen MR) is 52.0 cm³/mol. The Morgan fingerprint density at radius 2 is 1.57 bits per heavy atom. The molecule has 0 aliphatic carbocycles. The molecule has 1 aromatic carbocycles. The Morgan fingerprint density at radius 3 is 2.00 bits per heavy atom. The van der Waals surface area contributed by atoms with Gasteiger partial charge in [-0.1, -0.05) is 30.3 Å². The van der Waals surface area contributed by atoms with Crippen molar-refractivity contribution in [2.24, 2.45) is 9.77 Å². The molecule has 0 heterocycles. The first-order valence-electron chi connectivity index (χ1n) is 3.52. The standard InChI is InChI=1S/C6H5N6OP/c7-9-11-14(13,12-10-8)6-4-2-1-3-5-6/h1-5H. The van der Waals surface area contributed by atoms with E-state index in [4.69, 9.17) is 11.1 Å². The molecule has 0 aliphatic rings. The van der Waals surface area contributed by atoms with E-state index in [0.717, 1.165) is 0 Å². The van der Waals surface area contributed by atoms with Crippen LogP contribution in [-0.4, -0.2) is 0 Å². The van der Waals surface area contributed by atoms with Gasteiger partial charge in [0.2, 0.25) is 0 Å². The van der Waals surface area contributed by atoms with Crippen molar-refractivity contribution in [3.05, 3.63) is 51.2 Å². The number of rotatable bonds is 3. The van der Waals surface area contributed by atoms with Crippen LogP contribution in [0.4, 0.5) is 0 Å². The molecule has 1 rings (SSSR count). The molecule has 0 aliphatic heterocycles. The average Bonchev–Trinajstić information content (AvgIpc) is 2.20. The van der Waals surface area contributed by atoms with Gasteiger partial charge in [0.25, 0.3) is 7.44 Å². The van der Waals surface area contributed by atoms with Crippen LogP contribution in [0.3, 0.4) is 0 Å². The van der Waals surface area contributed by atoms with Gasteiger partial charge in [-0.3, -0.25) is 0 Å². The number of azide groups is 1. The fourth-order valence-electron chi connectivity index (χ4n) is 0.852. The van der Waals surface area contributed by atoms with E-state index in [1.165, 1.54) is 12.1 Å². The zero-order chi connectivity index (χ0) is 10.4. The lowest BCUT2D eigenvalue weighted by atomic mass is 10.4. The van der Waals surface area contributed by atoms with Crippen LogP contribution in [0.2, 0.25) is 0 Å². The van der Waals surface area contributed by atoms with Crippen LogP contribution in [0, 0.1) is 0 Å². The smallest absolute Gasteiger partial charge is 0.285 e. The number of nitrogens with zero attached hydrogens (tertiary/aromatic N) is 6. The summed E-state index contributed by atoms with van der Waals surface area (Å²) in [5, 5.41) is 0.218. The Labute approximate surface area is 79.1 Å². The highest BCUT2D eigenvalue weighted by atomic mass is 31.2. The second kappa shape index (κ2) is 4.35. The minimum atomic E-state index is -3.66. The van der Waals surface area contributed by atoms with Crippen LogP contribution in [0.25, 0.3) is 20.9 Å². The third-order valence-corrected chi connectivity index (χ3v) is 3.03. The van der Waals surface area contributed by atoms with Crippen molar-refractivity contribution in [3.63, 3.8) is 0 Å². The van der Waals surface area contributed by atoms with Crippen LogP contribution in [-0.2, 0) is 4.57 Å². The molecule has 0 radical (unpaired) electrons. The molecular weight excluding hydrogens is 203 g/mol. The van der Waals surface area contributed by atoms with Gasteiger partial charge in [0.05, 0.1) is 0 Å². The monoisotopic (exact) mass is 208 g/mol. The minimum Gasteiger partial charge on any atom is -0.305 e. The fourth-order valence-corrected chi connectivity index (χ4v) is 1.87. The van der Waals surface area contributed by atoms with E-state index >= 15 is 0 Å². The summed E-state index contributed by atoms with van der Waals surface area (Å²) in [6.45, 7) is 0. The molecule has 0 amide bonds. The van der Waals surface area contributed by atoms with Crippen molar-refractivity contribution in [2.45, 2.75) is 0 Å². The normalized spacial score (nSPS) is 13.1. The highest BCUT2D eigenvalue weighted by Gasteiger charge is 2.20. The molecule has 8 heteroatoms. The summed E-state index contributed by atoms with van der Waals surface area (Å²) in [6, 6.07) is 7.89. The topological polar surface area (TPSA) is 115 Å². The highest BCUT2D eigenvalue weighted by molar-refractivity contribution is 7.68. The van der Waals surface area contributed by atoms with Gasteiger partial charge in [-0.05, 0) is 20.8 Å². The van der Waals surface area contributed by atoms with Crippen LogP contribution >= 0.6 is 7.44 Å². The van der Waals surface area contributed by atoms with Gasteiger partial charge in [0, 0.05) is 15.1 Å². The number of hydrogen-bond acceptors (Lipinski definition) is 1. The first-order valence-corrected chi connectivity index (χ1v) is 5.13. The van der Waals surface area contributed by atoms with Gasteiger partial charge < -0.3 is 4.57 Å². The molecule has 0 saturated heterocycles. The second-order valence-corrected chi connectivity index (χ2v) is 4.20. The van der Waals surface area contributed by atoms with Crippen molar-refractivity contribution >= 4 is 12.7 Å². The molecule has 0 bridgehead atoms. The van der Waals surface area contributed by atoms with Gasteiger partial charge in [-0.25, -0.2) is 0 Å². The second-order valence-electron chi connectivity index (χ2n) is 2.24.